The zero-order valence-electron chi connectivity index (χ0n) is 12.3. The number of rotatable bonds is 4. The van der Waals surface area contributed by atoms with Crippen LogP contribution < -0.4 is 5.32 Å². The van der Waals surface area contributed by atoms with Gasteiger partial charge in [-0.3, -0.25) is 0 Å². The molecule has 7 heteroatoms. The molecule has 2 rings (SSSR count). The van der Waals surface area contributed by atoms with Crippen molar-refractivity contribution in [3.05, 3.63) is 0 Å². The fourth-order valence-electron chi connectivity index (χ4n) is 3.10. The quantitative estimate of drug-likeness (QED) is 0.684. The molecule has 2 saturated heterocycles. The number of aliphatic hydroxyl groups excluding tert-OH is 1. The summed E-state index contributed by atoms with van der Waals surface area (Å²) in [6, 6.07) is 0.284. The average molecular weight is 299 g/mol. The first-order valence-electron chi connectivity index (χ1n) is 7.75. The van der Waals surface area contributed by atoms with Crippen LogP contribution in [0.4, 0.5) is 4.79 Å². The lowest BCUT2D eigenvalue weighted by Gasteiger charge is -2.40. The van der Waals surface area contributed by atoms with Crippen LogP contribution in [-0.2, 0) is 4.79 Å². The summed E-state index contributed by atoms with van der Waals surface area (Å²) in [5, 5.41) is 20.2. The number of urea groups is 1. The number of hydrogen-bond acceptors (Lipinski definition) is 4. The van der Waals surface area contributed by atoms with Gasteiger partial charge in [-0.2, -0.15) is 0 Å². The standard InChI is InChI=1S/C14H25N3O4/c18-12(13(19)20)10-15-14(21)17-8-4-11(5-9-17)16-6-2-1-3-7-16/h11-12,18H,1-10H2,(H,15,21)(H,19,20). The molecule has 0 bridgehead atoms. The summed E-state index contributed by atoms with van der Waals surface area (Å²) in [6.07, 6.45) is 4.26. The van der Waals surface area contributed by atoms with Crippen LogP contribution >= 0.6 is 0 Å². The molecular formula is C14H25N3O4. The van der Waals surface area contributed by atoms with Gasteiger partial charge in [-0.25, -0.2) is 9.59 Å². The van der Waals surface area contributed by atoms with Gasteiger partial charge in [0.25, 0.3) is 0 Å². The monoisotopic (exact) mass is 299 g/mol. The van der Waals surface area contributed by atoms with E-state index >= 15 is 0 Å². The third-order valence-electron chi connectivity index (χ3n) is 4.39. The second-order valence-electron chi connectivity index (χ2n) is 5.85. The molecule has 1 unspecified atom stereocenters. The average Bonchev–Trinajstić information content (AvgIpc) is 2.53. The van der Waals surface area contributed by atoms with E-state index in [4.69, 9.17) is 10.2 Å². The maximum atomic E-state index is 11.9. The molecule has 7 nitrogen and oxygen atoms in total. The molecule has 0 aromatic rings. The SMILES string of the molecule is O=C(O)C(O)CNC(=O)N1CCC(N2CCCCC2)CC1. The van der Waals surface area contributed by atoms with Gasteiger partial charge in [0.15, 0.2) is 6.10 Å². The Morgan fingerprint density at radius 1 is 1.10 bits per heavy atom. The van der Waals surface area contributed by atoms with Crippen molar-refractivity contribution in [2.75, 3.05) is 32.7 Å². The second kappa shape index (κ2) is 7.61. The van der Waals surface area contributed by atoms with Crippen LogP contribution in [0.2, 0.25) is 0 Å². The predicted molar refractivity (Wildman–Crippen MR) is 77.1 cm³/mol. The number of hydrogen-bond donors (Lipinski definition) is 3. The summed E-state index contributed by atoms with van der Waals surface area (Å²) in [4.78, 5) is 26.6. The Bertz CT molecular complexity index is 363. The number of carboxylic acid groups (broad SMARTS) is 1. The van der Waals surface area contributed by atoms with Crippen LogP contribution in [0.15, 0.2) is 0 Å². The Labute approximate surface area is 124 Å². The molecule has 2 amide bonds. The molecule has 0 radical (unpaired) electrons. The highest BCUT2D eigenvalue weighted by Gasteiger charge is 2.27. The summed E-state index contributed by atoms with van der Waals surface area (Å²) in [7, 11) is 0. The lowest BCUT2D eigenvalue weighted by Crippen LogP contribution is -2.51. The minimum atomic E-state index is -1.54. The van der Waals surface area contributed by atoms with Crippen molar-refractivity contribution in [1.82, 2.24) is 15.1 Å². The molecule has 0 aromatic carbocycles. The van der Waals surface area contributed by atoms with Crippen LogP contribution in [0.3, 0.4) is 0 Å². The highest BCUT2D eigenvalue weighted by Crippen LogP contribution is 2.20. The van der Waals surface area contributed by atoms with Gasteiger partial charge in [0.2, 0.25) is 0 Å². The first kappa shape index (κ1) is 16.0. The minimum absolute atomic E-state index is 0.250. The lowest BCUT2D eigenvalue weighted by atomic mass is 10.0. The molecule has 2 aliphatic heterocycles. The van der Waals surface area contributed by atoms with Crippen molar-refractivity contribution in [3.8, 4) is 0 Å². The predicted octanol–water partition coefficient (Wildman–Crippen LogP) is 0.0918. The van der Waals surface area contributed by atoms with Crippen LogP contribution in [0, 0.1) is 0 Å². The molecule has 0 saturated carbocycles. The van der Waals surface area contributed by atoms with Gasteiger partial charge < -0.3 is 25.3 Å². The first-order chi connectivity index (χ1) is 10.1. The van der Waals surface area contributed by atoms with E-state index in [0.717, 1.165) is 12.8 Å². The van der Waals surface area contributed by atoms with Crippen molar-refractivity contribution < 1.29 is 19.8 Å². The van der Waals surface area contributed by atoms with Crippen LogP contribution in [0.5, 0.6) is 0 Å². The van der Waals surface area contributed by atoms with E-state index in [1.807, 2.05) is 0 Å². The fraction of sp³-hybridized carbons (Fsp3) is 0.857. The Hall–Kier alpha value is -1.34. The number of piperidine rings is 2. The molecule has 21 heavy (non-hydrogen) atoms. The number of nitrogens with one attached hydrogen (secondary N) is 1. The smallest absolute Gasteiger partial charge is 0.334 e. The van der Waals surface area contributed by atoms with Gasteiger partial charge in [0.1, 0.15) is 0 Å². The van der Waals surface area contributed by atoms with Gasteiger partial charge in [0.05, 0.1) is 6.54 Å². The van der Waals surface area contributed by atoms with Gasteiger partial charge >= 0.3 is 12.0 Å². The lowest BCUT2D eigenvalue weighted by molar-refractivity contribution is -0.146. The normalized spacial score (nSPS) is 22.8. The molecule has 2 aliphatic rings. The summed E-state index contributed by atoms with van der Waals surface area (Å²) in [5.41, 5.74) is 0. The molecule has 1 atom stereocenters. The maximum absolute atomic E-state index is 11.9. The van der Waals surface area contributed by atoms with Gasteiger partial charge in [-0.05, 0) is 38.8 Å². The second-order valence-corrected chi connectivity index (χ2v) is 5.85. The molecular weight excluding hydrogens is 274 g/mol. The van der Waals surface area contributed by atoms with E-state index in [-0.39, 0.29) is 12.6 Å². The van der Waals surface area contributed by atoms with E-state index in [1.165, 1.54) is 32.4 Å². The minimum Gasteiger partial charge on any atom is -0.479 e. The number of amides is 2. The molecule has 3 N–H and O–H groups in total. The Balaban J connectivity index is 1.70. The zero-order valence-corrected chi connectivity index (χ0v) is 12.3. The van der Waals surface area contributed by atoms with E-state index < -0.39 is 12.1 Å². The van der Waals surface area contributed by atoms with Crippen molar-refractivity contribution in [3.63, 3.8) is 0 Å². The number of carboxylic acids is 1. The molecule has 2 fully saturated rings. The van der Waals surface area contributed by atoms with Crippen molar-refractivity contribution >= 4 is 12.0 Å². The van der Waals surface area contributed by atoms with Gasteiger partial charge in [-0.1, -0.05) is 6.42 Å². The zero-order chi connectivity index (χ0) is 15.2. The van der Waals surface area contributed by atoms with Crippen LogP contribution in [-0.4, -0.2) is 76.9 Å². The third kappa shape index (κ3) is 4.57. The highest BCUT2D eigenvalue weighted by molar-refractivity contribution is 5.76. The maximum Gasteiger partial charge on any atom is 0.334 e. The van der Waals surface area contributed by atoms with E-state index in [9.17, 15) is 9.59 Å². The Morgan fingerprint density at radius 2 is 1.71 bits per heavy atom. The molecule has 0 aromatic heterocycles. The Kier molecular flexibility index (Phi) is 5.81. The van der Waals surface area contributed by atoms with E-state index in [1.54, 1.807) is 4.90 Å². The van der Waals surface area contributed by atoms with Crippen LogP contribution in [0.1, 0.15) is 32.1 Å². The first-order valence-corrected chi connectivity index (χ1v) is 7.75. The summed E-state index contributed by atoms with van der Waals surface area (Å²) < 4.78 is 0. The van der Waals surface area contributed by atoms with Crippen molar-refractivity contribution in [1.29, 1.82) is 0 Å². The fourth-order valence-corrected chi connectivity index (χ4v) is 3.10. The van der Waals surface area contributed by atoms with Crippen molar-refractivity contribution in [2.45, 2.75) is 44.2 Å². The summed E-state index contributed by atoms with van der Waals surface area (Å²) in [6.45, 7) is 3.47. The number of aliphatic hydroxyl groups is 1. The summed E-state index contributed by atoms with van der Waals surface area (Å²) >= 11 is 0. The Morgan fingerprint density at radius 3 is 2.29 bits per heavy atom. The largest absolute Gasteiger partial charge is 0.479 e. The van der Waals surface area contributed by atoms with E-state index in [2.05, 4.69) is 10.2 Å². The number of aliphatic carboxylic acids is 1. The number of carbonyl (C=O) groups is 2. The topological polar surface area (TPSA) is 93.1 Å². The van der Waals surface area contributed by atoms with E-state index in [0.29, 0.717) is 19.1 Å². The van der Waals surface area contributed by atoms with Gasteiger partial charge in [-0.15, -0.1) is 0 Å². The number of likely N-dealkylation sites (tertiary alicyclic amines) is 2. The molecule has 0 spiro atoms. The summed E-state index contributed by atoms with van der Waals surface area (Å²) in [5.74, 6) is -1.32. The molecule has 2 heterocycles. The van der Waals surface area contributed by atoms with Gasteiger partial charge in [0, 0.05) is 19.1 Å². The number of nitrogens with zero attached hydrogens (tertiary/aromatic N) is 2. The third-order valence-corrected chi connectivity index (χ3v) is 4.39. The molecule has 120 valence electrons. The highest BCUT2D eigenvalue weighted by atomic mass is 16.4. The molecule has 0 aliphatic carbocycles. The van der Waals surface area contributed by atoms with Crippen molar-refractivity contribution in [2.24, 2.45) is 0 Å². The van der Waals surface area contributed by atoms with Crippen LogP contribution in [0.25, 0.3) is 0 Å². The number of carbonyl (C=O) groups excluding carboxylic acids is 1.